The molecule has 0 spiro atoms. The molecule has 0 aliphatic carbocycles. The number of ether oxygens (including phenoxy) is 3. The summed E-state index contributed by atoms with van der Waals surface area (Å²) in [6.45, 7) is 2.30. The highest BCUT2D eigenvalue weighted by atomic mass is 32.1. The van der Waals surface area contributed by atoms with Gasteiger partial charge in [0.2, 0.25) is 5.91 Å². The highest BCUT2D eigenvalue weighted by molar-refractivity contribution is 7.18. The lowest BCUT2D eigenvalue weighted by Crippen LogP contribution is -2.22. The van der Waals surface area contributed by atoms with Crippen LogP contribution >= 0.6 is 11.3 Å². The Labute approximate surface area is 193 Å². The predicted molar refractivity (Wildman–Crippen MR) is 119 cm³/mol. The zero-order valence-corrected chi connectivity index (χ0v) is 19.0. The van der Waals surface area contributed by atoms with Crippen molar-refractivity contribution >= 4 is 51.7 Å². The number of amides is 3. The summed E-state index contributed by atoms with van der Waals surface area (Å²) >= 11 is 0.809. The number of benzene rings is 1. The van der Waals surface area contributed by atoms with E-state index in [2.05, 4.69) is 10.6 Å². The molecule has 4 N–H and O–H groups in total. The second-order valence-corrected chi connectivity index (χ2v) is 7.66. The molecule has 0 atom stereocenters. The first-order valence-corrected chi connectivity index (χ1v) is 10.4. The first-order valence-electron chi connectivity index (χ1n) is 9.57. The SMILES string of the molecule is COCCOC(=O)c1c(NC(=O)COC(=O)c2cccc(NC(C)=O)c2)sc(C(N)=O)c1C. The van der Waals surface area contributed by atoms with Gasteiger partial charge in [0.25, 0.3) is 11.8 Å². The topological polar surface area (TPSA) is 163 Å². The van der Waals surface area contributed by atoms with Crippen molar-refractivity contribution in [3.63, 3.8) is 0 Å². The summed E-state index contributed by atoms with van der Waals surface area (Å²) in [5.74, 6) is -3.39. The van der Waals surface area contributed by atoms with E-state index in [0.717, 1.165) is 11.3 Å². The van der Waals surface area contributed by atoms with Gasteiger partial charge in [-0.05, 0) is 30.7 Å². The molecule has 0 saturated carbocycles. The maximum absolute atomic E-state index is 12.4. The number of nitrogens with one attached hydrogen (secondary N) is 2. The quantitative estimate of drug-likeness (QED) is 0.344. The number of esters is 2. The first-order chi connectivity index (χ1) is 15.6. The fourth-order valence-corrected chi connectivity index (χ4v) is 3.74. The third-order valence-electron chi connectivity index (χ3n) is 4.10. The van der Waals surface area contributed by atoms with Crippen LogP contribution in [0, 0.1) is 6.92 Å². The van der Waals surface area contributed by atoms with Gasteiger partial charge in [0, 0.05) is 19.7 Å². The van der Waals surface area contributed by atoms with Crippen molar-refractivity contribution in [2.45, 2.75) is 13.8 Å². The number of methoxy groups -OCH3 is 1. The van der Waals surface area contributed by atoms with Crippen LogP contribution in [0.3, 0.4) is 0 Å². The minimum absolute atomic E-state index is 0.0208. The number of primary amides is 1. The van der Waals surface area contributed by atoms with Gasteiger partial charge >= 0.3 is 11.9 Å². The maximum atomic E-state index is 12.4. The van der Waals surface area contributed by atoms with Gasteiger partial charge in [-0.2, -0.15) is 0 Å². The van der Waals surface area contributed by atoms with Crippen LogP contribution in [-0.2, 0) is 23.8 Å². The van der Waals surface area contributed by atoms with E-state index in [9.17, 15) is 24.0 Å². The van der Waals surface area contributed by atoms with Crippen LogP contribution in [0.25, 0.3) is 0 Å². The molecule has 176 valence electrons. The van der Waals surface area contributed by atoms with Crippen LogP contribution in [0.4, 0.5) is 10.7 Å². The Balaban J connectivity index is 2.09. The minimum atomic E-state index is -0.795. The Morgan fingerprint density at radius 3 is 2.39 bits per heavy atom. The van der Waals surface area contributed by atoms with Crippen LogP contribution in [-0.4, -0.2) is 56.6 Å². The van der Waals surface area contributed by atoms with Crippen molar-refractivity contribution in [3.05, 3.63) is 45.8 Å². The molecule has 0 saturated heterocycles. The summed E-state index contributed by atoms with van der Waals surface area (Å²) in [5, 5.41) is 5.02. The lowest BCUT2D eigenvalue weighted by atomic mass is 10.1. The van der Waals surface area contributed by atoms with Gasteiger partial charge in [-0.1, -0.05) is 6.07 Å². The highest BCUT2D eigenvalue weighted by Crippen LogP contribution is 2.33. The lowest BCUT2D eigenvalue weighted by Gasteiger charge is -2.09. The van der Waals surface area contributed by atoms with Crippen LogP contribution in [0.5, 0.6) is 0 Å². The van der Waals surface area contributed by atoms with Crippen molar-refractivity contribution < 1.29 is 38.2 Å². The molecule has 1 aromatic carbocycles. The molecule has 33 heavy (non-hydrogen) atoms. The van der Waals surface area contributed by atoms with Crippen LogP contribution in [0.2, 0.25) is 0 Å². The van der Waals surface area contributed by atoms with E-state index >= 15 is 0 Å². The molecule has 1 heterocycles. The molecule has 0 bridgehead atoms. The number of carbonyl (C=O) groups is 5. The number of hydrogen-bond donors (Lipinski definition) is 3. The average molecular weight is 477 g/mol. The number of rotatable bonds is 10. The Bertz CT molecular complexity index is 1080. The van der Waals surface area contributed by atoms with E-state index < -0.39 is 30.4 Å². The molecule has 1 aromatic heterocycles. The molecule has 0 unspecified atom stereocenters. The summed E-state index contributed by atoms with van der Waals surface area (Å²) in [5.41, 5.74) is 6.10. The van der Waals surface area contributed by atoms with Gasteiger partial charge < -0.3 is 30.6 Å². The average Bonchev–Trinajstić information content (AvgIpc) is 3.07. The summed E-state index contributed by atoms with van der Waals surface area (Å²) in [7, 11) is 1.44. The summed E-state index contributed by atoms with van der Waals surface area (Å²) in [6.07, 6.45) is 0. The van der Waals surface area contributed by atoms with E-state index in [1.165, 1.54) is 33.1 Å². The van der Waals surface area contributed by atoms with E-state index in [4.69, 9.17) is 19.9 Å². The maximum Gasteiger partial charge on any atom is 0.341 e. The monoisotopic (exact) mass is 477 g/mol. The normalized spacial score (nSPS) is 10.3. The lowest BCUT2D eigenvalue weighted by molar-refractivity contribution is -0.119. The zero-order chi connectivity index (χ0) is 24.5. The molecular weight excluding hydrogens is 454 g/mol. The standard InChI is InChI=1S/C21H23N3O8S/c1-11-16(21(29)31-8-7-30-3)19(33-17(11)18(22)27)24-15(26)10-32-20(28)13-5-4-6-14(9-13)23-12(2)25/h4-6,9H,7-8,10H2,1-3H3,(H2,22,27)(H,23,25)(H,24,26). The Hall–Kier alpha value is -3.77. The van der Waals surface area contributed by atoms with Crippen LogP contribution in [0.15, 0.2) is 24.3 Å². The molecule has 0 radical (unpaired) electrons. The summed E-state index contributed by atoms with van der Waals surface area (Å²) in [6, 6.07) is 6.00. The van der Waals surface area contributed by atoms with Crippen molar-refractivity contribution in [1.29, 1.82) is 0 Å². The third kappa shape index (κ3) is 7.12. The van der Waals surface area contributed by atoms with Gasteiger partial charge in [-0.3, -0.25) is 14.4 Å². The number of carbonyl (C=O) groups excluding carboxylic acids is 5. The largest absolute Gasteiger partial charge is 0.460 e. The van der Waals surface area contributed by atoms with Crippen molar-refractivity contribution in [3.8, 4) is 0 Å². The van der Waals surface area contributed by atoms with Crippen molar-refractivity contribution in [2.24, 2.45) is 5.73 Å². The number of hydrogen-bond acceptors (Lipinski definition) is 9. The van der Waals surface area contributed by atoms with E-state index in [-0.39, 0.29) is 45.7 Å². The smallest absolute Gasteiger partial charge is 0.341 e. The third-order valence-corrected chi connectivity index (χ3v) is 5.32. The van der Waals surface area contributed by atoms with Gasteiger partial charge in [-0.15, -0.1) is 11.3 Å². The van der Waals surface area contributed by atoms with Gasteiger partial charge in [0.1, 0.15) is 11.6 Å². The van der Waals surface area contributed by atoms with Gasteiger partial charge in [-0.25, -0.2) is 9.59 Å². The number of thiophene rings is 1. The fraction of sp³-hybridized carbons (Fsp3) is 0.286. The van der Waals surface area contributed by atoms with Gasteiger partial charge in [0.15, 0.2) is 6.61 Å². The molecule has 11 nitrogen and oxygen atoms in total. The Morgan fingerprint density at radius 1 is 1.03 bits per heavy atom. The summed E-state index contributed by atoms with van der Waals surface area (Å²) in [4.78, 5) is 60.0. The molecular formula is C21H23N3O8S. The van der Waals surface area contributed by atoms with Crippen LogP contribution in [0.1, 0.15) is 42.9 Å². The van der Waals surface area contributed by atoms with Crippen molar-refractivity contribution in [2.75, 3.05) is 37.6 Å². The van der Waals surface area contributed by atoms with E-state index in [1.54, 1.807) is 12.1 Å². The predicted octanol–water partition coefficient (Wildman–Crippen LogP) is 1.71. The fourth-order valence-electron chi connectivity index (χ4n) is 2.68. The zero-order valence-electron chi connectivity index (χ0n) is 18.2. The first kappa shape index (κ1) is 25.5. The minimum Gasteiger partial charge on any atom is -0.460 e. The second kappa shape index (κ2) is 11.7. The van der Waals surface area contributed by atoms with Crippen molar-refractivity contribution in [1.82, 2.24) is 0 Å². The Kier molecular flexibility index (Phi) is 9.07. The van der Waals surface area contributed by atoms with E-state index in [1.807, 2.05) is 0 Å². The molecule has 2 rings (SSSR count). The molecule has 0 aliphatic heterocycles. The summed E-state index contributed by atoms with van der Waals surface area (Å²) < 4.78 is 14.9. The highest BCUT2D eigenvalue weighted by Gasteiger charge is 2.26. The number of nitrogens with two attached hydrogens (primary N) is 1. The molecule has 3 amide bonds. The number of anilines is 2. The van der Waals surface area contributed by atoms with Crippen LogP contribution < -0.4 is 16.4 Å². The molecule has 2 aromatic rings. The molecule has 0 fully saturated rings. The van der Waals surface area contributed by atoms with E-state index in [0.29, 0.717) is 5.69 Å². The second-order valence-electron chi connectivity index (χ2n) is 6.64. The van der Waals surface area contributed by atoms with Gasteiger partial charge in [0.05, 0.1) is 22.6 Å². The molecule has 0 aliphatic rings. The molecule has 12 heteroatoms. The Morgan fingerprint density at radius 2 is 1.76 bits per heavy atom.